The smallest absolute Gasteiger partial charge is 0.308 e. The van der Waals surface area contributed by atoms with Crippen LogP contribution in [-0.4, -0.2) is 19.2 Å². The van der Waals surface area contributed by atoms with Gasteiger partial charge in [0.25, 0.3) is 0 Å². The third-order valence-corrected chi connectivity index (χ3v) is 5.54. The lowest BCUT2D eigenvalue weighted by Crippen LogP contribution is -2.06. The number of para-hydroxylation sites is 2. The van der Waals surface area contributed by atoms with E-state index in [9.17, 15) is 4.79 Å². The van der Waals surface area contributed by atoms with Gasteiger partial charge in [-0.15, -0.1) is 0 Å². The molecular formula is C29H30O5. The van der Waals surface area contributed by atoms with Gasteiger partial charge in [0.1, 0.15) is 11.3 Å². The highest BCUT2D eigenvalue weighted by atomic mass is 16.6. The first kappa shape index (κ1) is 23.4. The Kier molecular flexibility index (Phi) is 7.87. The van der Waals surface area contributed by atoms with Crippen LogP contribution in [0.4, 0.5) is 0 Å². The van der Waals surface area contributed by atoms with Crippen LogP contribution in [-0.2, 0) is 11.2 Å². The summed E-state index contributed by atoms with van der Waals surface area (Å²) < 4.78 is 23.2. The zero-order chi connectivity index (χ0) is 23.8. The van der Waals surface area contributed by atoms with Gasteiger partial charge in [-0.1, -0.05) is 55.8 Å². The molecule has 3 aromatic carbocycles. The highest BCUT2D eigenvalue weighted by molar-refractivity contribution is 5.96. The minimum Gasteiger partial charge on any atom is -0.493 e. The number of carbonyl (C=O) groups is 1. The first-order chi connectivity index (χ1) is 16.7. The van der Waals surface area contributed by atoms with Crippen LogP contribution in [0, 0.1) is 0 Å². The summed E-state index contributed by atoms with van der Waals surface area (Å²) >= 11 is 0. The second kappa shape index (κ2) is 11.4. The Morgan fingerprint density at radius 1 is 0.824 bits per heavy atom. The summed E-state index contributed by atoms with van der Waals surface area (Å²) in [4.78, 5) is 11.2. The summed E-state index contributed by atoms with van der Waals surface area (Å²) in [5.41, 5.74) is 4.27. The topological polar surface area (TPSA) is 57.9 Å². The van der Waals surface area contributed by atoms with Crippen LogP contribution in [0.1, 0.15) is 38.7 Å². The van der Waals surface area contributed by atoms with E-state index in [0.717, 1.165) is 59.1 Å². The molecule has 0 bridgehead atoms. The number of aryl methyl sites for hydroxylation is 1. The predicted octanol–water partition coefficient (Wildman–Crippen LogP) is 7.22. The van der Waals surface area contributed by atoms with E-state index in [-0.39, 0.29) is 5.97 Å². The Balaban J connectivity index is 1.36. The molecule has 0 saturated heterocycles. The van der Waals surface area contributed by atoms with E-state index < -0.39 is 0 Å². The molecule has 5 heteroatoms. The van der Waals surface area contributed by atoms with Gasteiger partial charge in [0.05, 0.1) is 19.5 Å². The molecule has 0 fully saturated rings. The van der Waals surface area contributed by atoms with Crippen molar-refractivity contribution < 1.29 is 23.4 Å². The minimum absolute atomic E-state index is 0.364. The molecule has 0 N–H and O–H groups in total. The molecule has 0 radical (unpaired) electrons. The van der Waals surface area contributed by atoms with E-state index in [0.29, 0.717) is 24.7 Å². The second-order valence-electron chi connectivity index (χ2n) is 8.13. The van der Waals surface area contributed by atoms with Crippen molar-refractivity contribution in [3.63, 3.8) is 0 Å². The summed E-state index contributed by atoms with van der Waals surface area (Å²) in [6.07, 6.45) is 5.40. The average molecular weight is 459 g/mol. The highest BCUT2D eigenvalue weighted by Gasteiger charge is 2.15. The molecule has 4 rings (SSSR count). The monoisotopic (exact) mass is 458 g/mol. The van der Waals surface area contributed by atoms with Crippen LogP contribution in [0.2, 0.25) is 0 Å². The number of fused-ring (bicyclic) bond motifs is 1. The van der Waals surface area contributed by atoms with Crippen molar-refractivity contribution in [3.05, 3.63) is 78.6 Å². The van der Waals surface area contributed by atoms with Gasteiger partial charge in [-0.05, 0) is 49.1 Å². The molecule has 4 aromatic rings. The van der Waals surface area contributed by atoms with E-state index in [1.165, 1.54) is 6.92 Å². The summed E-state index contributed by atoms with van der Waals surface area (Å²) in [5, 5.41) is 1.11. The van der Waals surface area contributed by atoms with Crippen LogP contribution in [0.3, 0.4) is 0 Å². The lowest BCUT2D eigenvalue weighted by molar-refractivity contribution is -0.132. The number of hydrogen-bond acceptors (Lipinski definition) is 5. The van der Waals surface area contributed by atoms with Gasteiger partial charge in [0.2, 0.25) is 0 Å². The lowest BCUT2D eigenvalue weighted by atomic mass is 10.0. The molecule has 0 aliphatic carbocycles. The maximum Gasteiger partial charge on any atom is 0.308 e. The van der Waals surface area contributed by atoms with Crippen molar-refractivity contribution in [1.29, 1.82) is 0 Å². The third kappa shape index (κ3) is 5.60. The van der Waals surface area contributed by atoms with Crippen molar-refractivity contribution in [2.45, 2.75) is 39.5 Å². The van der Waals surface area contributed by atoms with Gasteiger partial charge < -0.3 is 18.6 Å². The Morgan fingerprint density at radius 2 is 1.50 bits per heavy atom. The quantitative estimate of drug-likeness (QED) is 0.135. The van der Waals surface area contributed by atoms with Crippen molar-refractivity contribution in [3.8, 4) is 28.4 Å². The number of unbranched alkanes of at least 4 members (excludes halogenated alkanes) is 1. The fraction of sp³-hybridized carbons (Fsp3) is 0.276. The standard InChI is InChI=1S/C29H30O5/c1-3-11-24-26(17-16-23-25(20-33-29(23)24)22-12-5-4-6-13-22)31-18-9-10-19-32-27-14-7-8-15-28(27)34-21(2)30/h4-8,12-17,20H,3,9-11,18-19H2,1-2H3. The largest absolute Gasteiger partial charge is 0.493 e. The maximum atomic E-state index is 11.2. The molecule has 176 valence electrons. The van der Waals surface area contributed by atoms with Gasteiger partial charge >= 0.3 is 5.97 Å². The molecule has 1 heterocycles. The first-order valence-electron chi connectivity index (χ1n) is 11.8. The van der Waals surface area contributed by atoms with Crippen LogP contribution in [0.25, 0.3) is 22.1 Å². The zero-order valence-electron chi connectivity index (χ0n) is 19.7. The summed E-state index contributed by atoms with van der Waals surface area (Å²) in [6, 6.07) is 21.6. The Labute approximate surface area is 200 Å². The average Bonchev–Trinajstić information content (AvgIpc) is 3.28. The highest BCUT2D eigenvalue weighted by Crippen LogP contribution is 2.37. The van der Waals surface area contributed by atoms with E-state index >= 15 is 0 Å². The third-order valence-electron chi connectivity index (χ3n) is 5.54. The number of esters is 1. The first-order valence-corrected chi connectivity index (χ1v) is 11.8. The Bertz CT molecular complexity index is 1230. The van der Waals surface area contributed by atoms with Gasteiger partial charge in [-0.25, -0.2) is 0 Å². The zero-order valence-corrected chi connectivity index (χ0v) is 19.7. The van der Waals surface area contributed by atoms with Gasteiger partial charge in [-0.3, -0.25) is 4.79 Å². The Hall–Kier alpha value is -3.73. The number of benzene rings is 3. The van der Waals surface area contributed by atoms with E-state index in [1.807, 2.05) is 36.6 Å². The fourth-order valence-corrected chi connectivity index (χ4v) is 3.98. The van der Waals surface area contributed by atoms with Gasteiger partial charge in [-0.2, -0.15) is 0 Å². The number of carbonyl (C=O) groups excluding carboxylic acids is 1. The summed E-state index contributed by atoms with van der Waals surface area (Å²) in [5.74, 6) is 1.53. The summed E-state index contributed by atoms with van der Waals surface area (Å²) in [7, 11) is 0. The Morgan fingerprint density at radius 3 is 2.21 bits per heavy atom. The van der Waals surface area contributed by atoms with Crippen LogP contribution in [0.5, 0.6) is 17.2 Å². The van der Waals surface area contributed by atoms with E-state index in [4.69, 9.17) is 18.6 Å². The van der Waals surface area contributed by atoms with Crippen LogP contribution in [0.15, 0.2) is 77.4 Å². The molecule has 5 nitrogen and oxygen atoms in total. The number of ether oxygens (including phenoxy) is 3. The molecular weight excluding hydrogens is 428 g/mol. The molecule has 34 heavy (non-hydrogen) atoms. The second-order valence-corrected chi connectivity index (χ2v) is 8.13. The SMILES string of the molecule is CCCc1c(OCCCCOc2ccccc2OC(C)=O)ccc2c(-c3ccccc3)coc12. The normalized spacial score (nSPS) is 10.9. The van der Waals surface area contributed by atoms with Gasteiger partial charge in [0, 0.05) is 23.4 Å². The molecule has 0 unspecified atom stereocenters. The van der Waals surface area contributed by atoms with Crippen molar-refractivity contribution >= 4 is 16.9 Å². The number of rotatable bonds is 11. The molecule has 0 aliphatic rings. The lowest BCUT2D eigenvalue weighted by Gasteiger charge is -2.13. The van der Waals surface area contributed by atoms with Crippen molar-refractivity contribution in [2.75, 3.05) is 13.2 Å². The molecule has 1 aromatic heterocycles. The van der Waals surface area contributed by atoms with E-state index in [2.05, 4.69) is 31.2 Å². The molecule has 0 spiro atoms. The van der Waals surface area contributed by atoms with Crippen molar-refractivity contribution in [1.82, 2.24) is 0 Å². The predicted molar refractivity (Wildman–Crippen MR) is 134 cm³/mol. The molecule has 0 saturated carbocycles. The van der Waals surface area contributed by atoms with Gasteiger partial charge in [0.15, 0.2) is 11.5 Å². The van der Waals surface area contributed by atoms with E-state index in [1.54, 1.807) is 12.1 Å². The number of hydrogen-bond donors (Lipinski definition) is 0. The maximum absolute atomic E-state index is 11.2. The van der Waals surface area contributed by atoms with Crippen LogP contribution < -0.4 is 14.2 Å². The minimum atomic E-state index is -0.364. The molecule has 0 atom stereocenters. The number of furan rings is 1. The molecule has 0 amide bonds. The molecule has 0 aliphatic heterocycles. The van der Waals surface area contributed by atoms with Crippen LogP contribution >= 0.6 is 0 Å². The fourth-order valence-electron chi connectivity index (χ4n) is 3.98. The summed E-state index contributed by atoms with van der Waals surface area (Å²) in [6.45, 7) is 4.64. The van der Waals surface area contributed by atoms with Crippen molar-refractivity contribution in [2.24, 2.45) is 0 Å².